The number of carbonyl (C=O) groups excluding carboxylic acids is 1. The van der Waals surface area contributed by atoms with Crippen molar-refractivity contribution in [1.29, 1.82) is 0 Å². The van der Waals surface area contributed by atoms with Crippen LogP contribution < -0.4 is 0 Å². The highest BCUT2D eigenvalue weighted by molar-refractivity contribution is 6.30. The van der Waals surface area contributed by atoms with Gasteiger partial charge in [0.15, 0.2) is 0 Å². The molecule has 0 amide bonds. The van der Waals surface area contributed by atoms with Crippen molar-refractivity contribution in [2.75, 3.05) is 0 Å². The van der Waals surface area contributed by atoms with Crippen molar-refractivity contribution in [3.63, 3.8) is 0 Å². The first-order valence-corrected chi connectivity index (χ1v) is 5.15. The average molecular weight is 211 g/mol. The average Bonchev–Trinajstić information content (AvgIpc) is 2.01. The number of halogens is 1. The van der Waals surface area contributed by atoms with Crippen LogP contribution in [0.15, 0.2) is 18.2 Å². The zero-order valence-corrected chi connectivity index (χ0v) is 9.56. The maximum absolute atomic E-state index is 11.0. The number of rotatable bonds is 3. The minimum Gasteiger partial charge on any atom is -0.300 e. The van der Waals surface area contributed by atoms with Crippen molar-refractivity contribution in [1.82, 2.24) is 0 Å². The van der Waals surface area contributed by atoms with Gasteiger partial charge in [-0.15, -0.1) is 0 Å². The van der Waals surface area contributed by atoms with Crippen molar-refractivity contribution in [3.05, 3.63) is 34.3 Å². The van der Waals surface area contributed by atoms with Crippen LogP contribution in [-0.4, -0.2) is 5.78 Å². The molecule has 0 unspecified atom stereocenters. The molecule has 0 bridgehead atoms. The van der Waals surface area contributed by atoms with Gasteiger partial charge in [0.1, 0.15) is 5.78 Å². The summed E-state index contributed by atoms with van der Waals surface area (Å²) in [6.45, 7) is 5.82. The fourth-order valence-corrected chi connectivity index (χ4v) is 1.66. The Hall–Kier alpha value is -0.820. The molecule has 0 aliphatic carbocycles. The molecule has 1 aromatic rings. The second-order valence-electron chi connectivity index (χ2n) is 3.93. The van der Waals surface area contributed by atoms with Gasteiger partial charge in [-0.3, -0.25) is 4.79 Å². The van der Waals surface area contributed by atoms with Crippen LogP contribution in [0.25, 0.3) is 0 Å². The summed E-state index contributed by atoms with van der Waals surface area (Å²) < 4.78 is 0. The first-order valence-electron chi connectivity index (χ1n) is 4.78. The van der Waals surface area contributed by atoms with Gasteiger partial charge in [0.05, 0.1) is 0 Å². The number of hydrogen-bond acceptors (Lipinski definition) is 1. The summed E-state index contributed by atoms with van der Waals surface area (Å²) in [5.74, 6) is 0.612. The fourth-order valence-electron chi connectivity index (χ4n) is 1.40. The Bertz CT molecular complexity index is 342. The third-order valence-electron chi connectivity index (χ3n) is 2.10. The molecule has 0 N–H and O–H groups in total. The van der Waals surface area contributed by atoms with Crippen LogP contribution in [-0.2, 0) is 11.2 Å². The summed E-state index contributed by atoms with van der Waals surface area (Å²) in [4.78, 5) is 11.0. The summed E-state index contributed by atoms with van der Waals surface area (Å²) in [5.41, 5.74) is 2.20. The van der Waals surface area contributed by atoms with Gasteiger partial charge in [-0.1, -0.05) is 31.5 Å². The third-order valence-corrected chi connectivity index (χ3v) is 2.32. The molecule has 0 fully saturated rings. The van der Waals surface area contributed by atoms with Crippen LogP contribution >= 0.6 is 11.6 Å². The summed E-state index contributed by atoms with van der Waals surface area (Å²) in [6, 6.07) is 5.86. The maximum atomic E-state index is 11.0. The van der Waals surface area contributed by atoms with Crippen LogP contribution in [0.1, 0.15) is 37.8 Å². The molecule has 14 heavy (non-hydrogen) atoms. The topological polar surface area (TPSA) is 17.1 Å². The van der Waals surface area contributed by atoms with E-state index in [1.807, 2.05) is 12.1 Å². The number of benzene rings is 1. The summed E-state index contributed by atoms with van der Waals surface area (Å²) >= 11 is 5.97. The molecule has 0 saturated carbocycles. The summed E-state index contributed by atoms with van der Waals surface area (Å²) in [7, 11) is 0. The van der Waals surface area contributed by atoms with Gasteiger partial charge >= 0.3 is 0 Å². The van der Waals surface area contributed by atoms with Crippen molar-refractivity contribution < 1.29 is 4.79 Å². The minimum atomic E-state index is 0.168. The Morgan fingerprint density at radius 2 is 2.00 bits per heavy atom. The van der Waals surface area contributed by atoms with Crippen LogP contribution in [0.4, 0.5) is 0 Å². The van der Waals surface area contributed by atoms with Gasteiger partial charge in [-0.2, -0.15) is 0 Å². The number of hydrogen-bond donors (Lipinski definition) is 0. The fraction of sp³-hybridized carbons (Fsp3) is 0.417. The maximum Gasteiger partial charge on any atom is 0.134 e. The van der Waals surface area contributed by atoms with Gasteiger partial charge in [0, 0.05) is 11.4 Å². The highest BCUT2D eigenvalue weighted by atomic mass is 35.5. The lowest BCUT2D eigenvalue weighted by atomic mass is 9.99. The van der Waals surface area contributed by atoms with Crippen molar-refractivity contribution in [3.8, 4) is 0 Å². The van der Waals surface area contributed by atoms with E-state index in [0.29, 0.717) is 17.4 Å². The monoisotopic (exact) mass is 210 g/mol. The molecule has 1 nitrogen and oxygen atoms in total. The van der Waals surface area contributed by atoms with E-state index in [2.05, 4.69) is 19.9 Å². The number of Topliss-reactive ketones (excluding diaryl/α,β-unsaturated/α-hetero) is 1. The summed E-state index contributed by atoms with van der Waals surface area (Å²) in [6.07, 6.45) is 0.473. The molecule has 2 heteroatoms. The van der Waals surface area contributed by atoms with E-state index in [-0.39, 0.29) is 5.78 Å². The van der Waals surface area contributed by atoms with E-state index >= 15 is 0 Å². The smallest absolute Gasteiger partial charge is 0.134 e. The zero-order valence-electron chi connectivity index (χ0n) is 8.80. The predicted octanol–water partition coefficient (Wildman–Crippen LogP) is 3.59. The largest absolute Gasteiger partial charge is 0.300 e. The van der Waals surface area contributed by atoms with Gasteiger partial charge in [-0.25, -0.2) is 0 Å². The van der Waals surface area contributed by atoms with Gasteiger partial charge in [-0.05, 0) is 36.1 Å². The van der Waals surface area contributed by atoms with E-state index in [0.717, 1.165) is 5.56 Å². The second kappa shape index (κ2) is 4.61. The molecule has 0 aliphatic heterocycles. The molecule has 0 aromatic heterocycles. The SMILES string of the molecule is CC(=O)Cc1cc(Cl)cc(C(C)C)c1. The lowest BCUT2D eigenvalue weighted by Gasteiger charge is -2.08. The lowest BCUT2D eigenvalue weighted by Crippen LogP contribution is -1.98. The van der Waals surface area contributed by atoms with E-state index in [1.54, 1.807) is 6.92 Å². The molecule has 0 saturated heterocycles. The summed E-state index contributed by atoms with van der Waals surface area (Å²) in [5, 5.41) is 0.715. The van der Waals surface area contributed by atoms with Gasteiger partial charge < -0.3 is 0 Å². The molecule has 0 heterocycles. The van der Waals surface area contributed by atoms with Gasteiger partial charge in [0.25, 0.3) is 0 Å². The molecule has 0 aliphatic rings. The van der Waals surface area contributed by atoms with Crippen LogP contribution in [0.3, 0.4) is 0 Å². The number of ketones is 1. The molecule has 0 atom stereocenters. The van der Waals surface area contributed by atoms with Crippen molar-refractivity contribution >= 4 is 17.4 Å². The molecular formula is C12H15ClO. The van der Waals surface area contributed by atoms with Crippen molar-refractivity contribution in [2.24, 2.45) is 0 Å². The highest BCUT2D eigenvalue weighted by Crippen LogP contribution is 2.21. The standard InChI is InChI=1S/C12H15ClO/c1-8(2)11-5-10(4-9(3)14)6-12(13)7-11/h5-8H,4H2,1-3H3. The minimum absolute atomic E-state index is 0.168. The Morgan fingerprint density at radius 3 is 2.50 bits per heavy atom. The van der Waals surface area contributed by atoms with E-state index in [4.69, 9.17) is 11.6 Å². The normalized spacial score (nSPS) is 10.6. The molecule has 1 aromatic carbocycles. The predicted molar refractivity (Wildman–Crippen MR) is 59.9 cm³/mol. The molecule has 1 rings (SSSR count). The Morgan fingerprint density at radius 1 is 1.36 bits per heavy atom. The Balaban J connectivity index is 3.01. The van der Waals surface area contributed by atoms with E-state index in [1.165, 1.54) is 5.56 Å². The number of carbonyl (C=O) groups is 1. The van der Waals surface area contributed by atoms with Crippen molar-refractivity contribution in [2.45, 2.75) is 33.1 Å². The molecule has 76 valence electrons. The zero-order chi connectivity index (χ0) is 10.7. The van der Waals surface area contributed by atoms with Crippen LogP contribution in [0.5, 0.6) is 0 Å². The highest BCUT2D eigenvalue weighted by Gasteiger charge is 2.04. The third kappa shape index (κ3) is 3.15. The Labute approximate surface area is 90.1 Å². The molecule has 0 radical (unpaired) electrons. The molecular weight excluding hydrogens is 196 g/mol. The quantitative estimate of drug-likeness (QED) is 0.745. The van der Waals surface area contributed by atoms with E-state index in [9.17, 15) is 4.79 Å². The van der Waals surface area contributed by atoms with Crippen LogP contribution in [0.2, 0.25) is 5.02 Å². The first kappa shape index (κ1) is 11.3. The second-order valence-corrected chi connectivity index (χ2v) is 4.36. The Kier molecular flexibility index (Phi) is 3.70. The first-order chi connectivity index (χ1) is 6.49. The lowest BCUT2D eigenvalue weighted by molar-refractivity contribution is -0.116. The molecule has 0 spiro atoms. The van der Waals surface area contributed by atoms with Gasteiger partial charge in [0.2, 0.25) is 0 Å². The van der Waals surface area contributed by atoms with Crippen LogP contribution in [0, 0.1) is 0 Å². The van der Waals surface area contributed by atoms with E-state index < -0.39 is 0 Å².